The molecule has 0 aliphatic rings. The molecule has 3 nitrogen and oxygen atoms in total. The lowest BCUT2D eigenvalue weighted by atomic mass is 9.98. The Bertz CT molecular complexity index is 500. The number of rotatable bonds is 5. The van der Waals surface area contributed by atoms with Crippen LogP contribution in [-0.2, 0) is 22.9 Å². The lowest BCUT2D eigenvalue weighted by Gasteiger charge is -2.15. The largest absolute Gasteiger partial charge is 0.238 e. The van der Waals surface area contributed by atoms with Crippen LogP contribution in [-0.4, -0.2) is 19.1 Å². The van der Waals surface area contributed by atoms with Crippen molar-refractivity contribution in [2.24, 2.45) is 5.14 Å². The van der Waals surface area contributed by atoms with E-state index in [0.29, 0.717) is 11.8 Å². The van der Waals surface area contributed by atoms with Crippen molar-refractivity contribution < 1.29 is 8.42 Å². The fourth-order valence-electron chi connectivity index (χ4n) is 1.87. The van der Waals surface area contributed by atoms with Crippen molar-refractivity contribution in [3.63, 3.8) is 0 Å². The lowest BCUT2D eigenvalue weighted by Crippen LogP contribution is -2.17. The molecule has 0 spiro atoms. The van der Waals surface area contributed by atoms with Gasteiger partial charge in [0.2, 0.25) is 10.0 Å². The van der Waals surface area contributed by atoms with Crippen LogP contribution in [0.2, 0.25) is 0 Å². The number of hydrogen-bond donors (Lipinski definition) is 1. The van der Waals surface area contributed by atoms with Crippen LogP contribution in [0.4, 0.5) is 0 Å². The van der Waals surface area contributed by atoms with Gasteiger partial charge in [0.25, 0.3) is 0 Å². The van der Waals surface area contributed by atoms with Crippen LogP contribution in [0.5, 0.6) is 0 Å². The van der Waals surface area contributed by atoms with Crippen LogP contribution >= 0.6 is 31.9 Å². The smallest absolute Gasteiger partial charge is 0.225 e. The van der Waals surface area contributed by atoms with Gasteiger partial charge in [0.1, 0.15) is 0 Å². The second-order valence-electron chi connectivity index (χ2n) is 3.76. The van der Waals surface area contributed by atoms with E-state index in [2.05, 4.69) is 31.9 Å². The van der Waals surface area contributed by atoms with E-state index in [4.69, 9.17) is 5.14 Å². The number of nitrogens with two attached hydrogens (primary N) is 1. The summed E-state index contributed by atoms with van der Waals surface area (Å²) in [5.41, 5.74) is 3.02. The zero-order valence-corrected chi connectivity index (χ0v) is 13.5. The minimum absolute atomic E-state index is 0.249. The van der Waals surface area contributed by atoms with Crippen LogP contribution in [0.3, 0.4) is 0 Å². The molecule has 0 unspecified atom stereocenters. The van der Waals surface area contributed by atoms with E-state index in [0.717, 1.165) is 28.4 Å². The van der Waals surface area contributed by atoms with Crippen LogP contribution in [0, 0.1) is 6.92 Å². The molecule has 1 aromatic carbocycles. The molecule has 0 atom stereocenters. The van der Waals surface area contributed by atoms with Gasteiger partial charge in [-0.05, 0) is 42.5 Å². The summed E-state index contributed by atoms with van der Waals surface area (Å²) in [6.45, 7) is 1.99. The first-order valence-corrected chi connectivity index (χ1v) is 8.96. The minimum atomic E-state index is -3.65. The van der Waals surface area contributed by atoms with Gasteiger partial charge in [-0.15, -0.1) is 0 Å². The number of halogens is 2. The second-order valence-corrected chi connectivity index (χ2v) is 6.88. The maximum atomic E-state index is 11.5. The van der Waals surface area contributed by atoms with Gasteiger partial charge < -0.3 is 0 Å². The van der Waals surface area contributed by atoms with Crippen molar-refractivity contribution in [1.82, 2.24) is 0 Å². The third-order valence-corrected chi connectivity index (χ3v) is 4.41. The summed E-state index contributed by atoms with van der Waals surface area (Å²) >= 11 is 6.74. The Morgan fingerprint density at radius 3 is 2.12 bits per heavy atom. The topological polar surface area (TPSA) is 60.2 Å². The van der Waals surface area contributed by atoms with E-state index in [9.17, 15) is 8.42 Å². The molecule has 0 fully saturated rings. The predicted octanol–water partition coefficient (Wildman–Crippen LogP) is 2.52. The molecule has 0 saturated heterocycles. The van der Waals surface area contributed by atoms with Crippen LogP contribution in [0.15, 0.2) is 17.0 Å². The first-order chi connectivity index (χ1) is 7.91. The Hall–Kier alpha value is 0.0900. The van der Waals surface area contributed by atoms with Crippen LogP contribution < -0.4 is 5.14 Å². The fourth-order valence-corrected chi connectivity index (χ4v) is 3.49. The van der Waals surface area contributed by atoms with Gasteiger partial charge in [-0.25, -0.2) is 13.6 Å². The van der Waals surface area contributed by atoms with Gasteiger partial charge in [0, 0.05) is 10.7 Å². The van der Waals surface area contributed by atoms with Crippen LogP contribution in [0.1, 0.15) is 16.7 Å². The third-order valence-electron chi connectivity index (χ3n) is 2.62. The number of alkyl halides is 2. The highest BCUT2D eigenvalue weighted by Crippen LogP contribution is 2.24. The van der Waals surface area contributed by atoms with Gasteiger partial charge >= 0.3 is 0 Å². The van der Waals surface area contributed by atoms with Gasteiger partial charge in [0.05, 0.1) is 4.90 Å². The summed E-state index contributed by atoms with van der Waals surface area (Å²) in [7, 11) is -3.65. The molecule has 0 aliphatic heterocycles. The fraction of sp³-hybridized carbons (Fsp3) is 0.455. The Kier molecular flexibility index (Phi) is 5.63. The van der Waals surface area contributed by atoms with E-state index < -0.39 is 10.0 Å². The maximum Gasteiger partial charge on any atom is 0.238 e. The maximum absolute atomic E-state index is 11.5. The Morgan fingerprint density at radius 2 is 1.65 bits per heavy atom. The summed E-state index contributed by atoms with van der Waals surface area (Å²) < 4.78 is 23.1. The summed E-state index contributed by atoms with van der Waals surface area (Å²) in [4.78, 5) is 0.249. The van der Waals surface area contributed by atoms with Crippen LogP contribution in [0.25, 0.3) is 0 Å². The molecule has 17 heavy (non-hydrogen) atoms. The molecule has 2 N–H and O–H groups in total. The lowest BCUT2D eigenvalue weighted by molar-refractivity contribution is 0.596. The first kappa shape index (κ1) is 15.1. The van der Waals surface area contributed by atoms with Gasteiger partial charge in [-0.1, -0.05) is 37.9 Å². The van der Waals surface area contributed by atoms with Crippen molar-refractivity contribution in [2.45, 2.75) is 24.7 Å². The van der Waals surface area contributed by atoms with Gasteiger partial charge in [-0.2, -0.15) is 0 Å². The molecule has 6 heteroatoms. The Balaban J connectivity index is 3.47. The molecule has 1 aromatic rings. The van der Waals surface area contributed by atoms with Crippen molar-refractivity contribution in [1.29, 1.82) is 0 Å². The Labute approximate surface area is 119 Å². The SMILES string of the molecule is Cc1ccc(S(N)(=O)=O)c(CCBr)c1CCBr. The van der Waals surface area contributed by atoms with Crippen molar-refractivity contribution >= 4 is 41.9 Å². The molecule has 0 radical (unpaired) electrons. The molecular weight excluding hydrogens is 370 g/mol. The zero-order valence-electron chi connectivity index (χ0n) is 9.54. The molecule has 0 aromatic heterocycles. The normalized spacial score (nSPS) is 11.8. The molecule has 0 heterocycles. The second kappa shape index (κ2) is 6.31. The molecular formula is C11H15Br2NO2S. The summed E-state index contributed by atoms with van der Waals surface area (Å²) in [5.74, 6) is 0. The summed E-state index contributed by atoms with van der Waals surface area (Å²) in [6.07, 6.45) is 1.47. The number of aryl methyl sites for hydroxylation is 1. The highest BCUT2D eigenvalue weighted by atomic mass is 79.9. The highest BCUT2D eigenvalue weighted by Gasteiger charge is 2.17. The minimum Gasteiger partial charge on any atom is -0.225 e. The van der Waals surface area contributed by atoms with E-state index in [1.165, 1.54) is 0 Å². The monoisotopic (exact) mass is 383 g/mol. The Morgan fingerprint density at radius 1 is 1.12 bits per heavy atom. The highest BCUT2D eigenvalue weighted by molar-refractivity contribution is 9.09. The first-order valence-electron chi connectivity index (χ1n) is 5.18. The third kappa shape index (κ3) is 3.77. The zero-order chi connectivity index (χ0) is 13.1. The number of benzene rings is 1. The van der Waals surface area contributed by atoms with Crippen molar-refractivity contribution in [2.75, 3.05) is 10.7 Å². The van der Waals surface area contributed by atoms with E-state index in [-0.39, 0.29) is 4.90 Å². The van der Waals surface area contributed by atoms with Gasteiger partial charge in [-0.3, -0.25) is 0 Å². The number of primary sulfonamides is 1. The molecule has 96 valence electrons. The van der Waals surface area contributed by atoms with Crippen molar-refractivity contribution in [3.8, 4) is 0 Å². The predicted molar refractivity (Wildman–Crippen MR) is 77.5 cm³/mol. The molecule has 0 aliphatic carbocycles. The summed E-state index contributed by atoms with van der Waals surface area (Å²) in [5, 5.41) is 6.77. The van der Waals surface area contributed by atoms with E-state index >= 15 is 0 Å². The number of sulfonamides is 1. The molecule has 0 bridgehead atoms. The molecule has 0 amide bonds. The van der Waals surface area contributed by atoms with Gasteiger partial charge in [0.15, 0.2) is 0 Å². The standard InChI is InChI=1S/C11H15Br2NO2S/c1-8-2-3-11(17(14,15)16)10(5-7-13)9(8)4-6-12/h2-3H,4-7H2,1H3,(H2,14,15,16). The molecule has 1 rings (SSSR count). The average Bonchev–Trinajstić information content (AvgIpc) is 2.22. The van der Waals surface area contributed by atoms with Crippen molar-refractivity contribution in [3.05, 3.63) is 28.8 Å². The average molecular weight is 385 g/mol. The van der Waals surface area contributed by atoms with E-state index in [1.54, 1.807) is 6.07 Å². The molecule has 0 saturated carbocycles. The summed E-state index contributed by atoms with van der Waals surface area (Å²) in [6, 6.07) is 3.41. The van der Waals surface area contributed by atoms with E-state index in [1.807, 2.05) is 13.0 Å². The quantitative estimate of drug-likeness (QED) is 0.793. The number of hydrogen-bond acceptors (Lipinski definition) is 2.